The number of hydrogen-bond acceptors (Lipinski definition) is 7. The molecule has 1 aliphatic heterocycles. The number of amides is 1. The number of anilines is 1. The van der Waals surface area contributed by atoms with Gasteiger partial charge in [0.25, 0.3) is 5.78 Å². The maximum Gasteiger partial charge on any atom is 0.302 e. The summed E-state index contributed by atoms with van der Waals surface area (Å²) in [4.78, 5) is 32.1. The summed E-state index contributed by atoms with van der Waals surface area (Å²) in [6, 6.07) is 14.8. The molecule has 5 rings (SSSR count). The molecular formula is C24H18N2O5S. The summed E-state index contributed by atoms with van der Waals surface area (Å²) in [6.45, 7) is 1.97. The number of aromatic nitrogens is 1. The van der Waals surface area contributed by atoms with Gasteiger partial charge in [0.2, 0.25) is 0 Å². The van der Waals surface area contributed by atoms with Gasteiger partial charge in [-0.3, -0.25) is 14.5 Å². The highest BCUT2D eigenvalue weighted by Gasteiger charge is 2.49. The fourth-order valence-corrected chi connectivity index (χ4v) is 4.86. The number of carbonyl (C=O) groups excluding carboxylic acids is 2. The van der Waals surface area contributed by atoms with Crippen LogP contribution in [-0.2, 0) is 9.59 Å². The van der Waals surface area contributed by atoms with Crippen LogP contribution in [0.1, 0.15) is 22.9 Å². The molecule has 2 aromatic heterocycles. The van der Waals surface area contributed by atoms with Gasteiger partial charge in [-0.1, -0.05) is 17.4 Å². The van der Waals surface area contributed by atoms with Crippen LogP contribution >= 0.6 is 11.3 Å². The average molecular weight is 446 g/mol. The van der Waals surface area contributed by atoms with E-state index >= 15 is 0 Å². The summed E-state index contributed by atoms with van der Waals surface area (Å²) in [5.41, 5.74) is 2.13. The number of ether oxygens (including phenoxy) is 1. The minimum absolute atomic E-state index is 0.0504. The monoisotopic (exact) mass is 446 g/mol. The number of aliphatic hydroxyl groups excluding tert-OH is 1. The topological polar surface area (TPSA) is 92.9 Å². The molecule has 1 aliphatic rings. The number of nitrogens with zero attached hydrogens (tertiary/aromatic N) is 2. The lowest BCUT2D eigenvalue weighted by molar-refractivity contribution is -0.132. The lowest BCUT2D eigenvalue weighted by Gasteiger charge is -2.20. The predicted molar refractivity (Wildman–Crippen MR) is 121 cm³/mol. The molecule has 4 aromatic rings. The van der Waals surface area contributed by atoms with E-state index < -0.39 is 17.7 Å². The molecule has 1 atom stereocenters. The fourth-order valence-electron chi connectivity index (χ4n) is 3.77. The Bertz CT molecular complexity index is 1370. The summed E-state index contributed by atoms with van der Waals surface area (Å²) in [5.74, 6) is -0.886. The van der Waals surface area contributed by atoms with Crippen molar-refractivity contribution in [2.75, 3.05) is 12.0 Å². The number of benzene rings is 2. The van der Waals surface area contributed by atoms with E-state index in [0.29, 0.717) is 22.2 Å². The third-order valence-corrected chi connectivity index (χ3v) is 6.38. The molecule has 0 bridgehead atoms. The summed E-state index contributed by atoms with van der Waals surface area (Å²) in [5, 5.41) is 11.4. The summed E-state index contributed by atoms with van der Waals surface area (Å²) in [7, 11) is 1.54. The minimum atomic E-state index is -0.936. The average Bonchev–Trinajstić information content (AvgIpc) is 3.52. The number of methoxy groups -OCH3 is 1. The number of hydrogen-bond donors (Lipinski definition) is 1. The van der Waals surface area contributed by atoms with Gasteiger partial charge in [-0.25, -0.2) is 4.98 Å². The van der Waals surface area contributed by atoms with Crippen molar-refractivity contribution in [2.45, 2.75) is 13.0 Å². The quantitative estimate of drug-likeness (QED) is 0.274. The predicted octanol–water partition coefficient (Wildman–Crippen LogP) is 4.83. The third kappa shape index (κ3) is 3.16. The first-order valence-corrected chi connectivity index (χ1v) is 10.7. The van der Waals surface area contributed by atoms with Crippen molar-refractivity contribution in [3.05, 3.63) is 83.3 Å². The molecule has 0 saturated carbocycles. The molecule has 7 nitrogen and oxygen atoms in total. The zero-order chi connectivity index (χ0) is 22.4. The van der Waals surface area contributed by atoms with Crippen molar-refractivity contribution in [2.24, 2.45) is 0 Å². The summed E-state index contributed by atoms with van der Waals surface area (Å²) in [6.07, 6.45) is 1.46. The van der Waals surface area contributed by atoms with Crippen LogP contribution < -0.4 is 9.64 Å². The Morgan fingerprint density at radius 3 is 2.62 bits per heavy atom. The number of fused-ring (bicyclic) bond motifs is 1. The van der Waals surface area contributed by atoms with E-state index in [4.69, 9.17) is 9.15 Å². The molecule has 8 heteroatoms. The molecule has 32 heavy (non-hydrogen) atoms. The van der Waals surface area contributed by atoms with E-state index in [9.17, 15) is 14.7 Å². The highest BCUT2D eigenvalue weighted by molar-refractivity contribution is 7.22. The molecule has 1 saturated heterocycles. The van der Waals surface area contributed by atoms with Crippen LogP contribution in [0.5, 0.6) is 5.75 Å². The number of aryl methyl sites for hydroxylation is 1. The van der Waals surface area contributed by atoms with E-state index in [1.807, 2.05) is 25.1 Å². The Morgan fingerprint density at radius 2 is 1.94 bits per heavy atom. The molecule has 3 heterocycles. The second-order valence-electron chi connectivity index (χ2n) is 7.38. The van der Waals surface area contributed by atoms with Crippen molar-refractivity contribution >= 4 is 44.1 Å². The van der Waals surface area contributed by atoms with Crippen molar-refractivity contribution in [1.82, 2.24) is 4.98 Å². The molecule has 1 fully saturated rings. The standard InChI is InChI=1S/C24H18N2O5S/c1-13-5-10-16-18(12-13)32-24(25-16)26-20(17-4-3-11-31-17)19(22(28)23(26)29)21(27)14-6-8-15(30-2)9-7-14/h3-12,20,27H,1-2H3. The van der Waals surface area contributed by atoms with Crippen LogP contribution in [0, 0.1) is 6.92 Å². The number of aliphatic hydroxyl groups is 1. The smallest absolute Gasteiger partial charge is 0.302 e. The van der Waals surface area contributed by atoms with Crippen LogP contribution in [0.15, 0.2) is 70.9 Å². The second-order valence-corrected chi connectivity index (χ2v) is 8.39. The van der Waals surface area contributed by atoms with Gasteiger partial charge in [0, 0.05) is 5.56 Å². The number of ketones is 1. The third-order valence-electron chi connectivity index (χ3n) is 5.36. The summed E-state index contributed by atoms with van der Waals surface area (Å²) >= 11 is 1.31. The van der Waals surface area contributed by atoms with Gasteiger partial charge in [0.05, 0.1) is 29.2 Å². The normalized spacial score (nSPS) is 17.9. The number of furan rings is 1. The molecule has 1 amide bonds. The first-order valence-electron chi connectivity index (χ1n) is 9.84. The second kappa shape index (κ2) is 7.65. The Balaban J connectivity index is 1.68. The molecule has 0 radical (unpaired) electrons. The van der Waals surface area contributed by atoms with Crippen LogP contribution in [0.3, 0.4) is 0 Å². The molecule has 160 valence electrons. The van der Waals surface area contributed by atoms with Crippen LogP contribution in [-0.4, -0.2) is 28.9 Å². The van der Waals surface area contributed by atoms with Crippen molar-refractivity contribution in [1.29, 1.82) is 0 Å². The van der Waals surface area contributed by atoms with E-state index in [1.165, 1.54) is 29.6 Å². The highest BCUT2D eigenvalue weighted by atomic mass is 32.1. The molecular weight excluding hydrogens is 428 g/mol. The van der Waals surface area contributed by atoms with E-state index in [1.54, 1.807) is 36.4 Å². The molecule has 2 aromatic carbocycles. The van der Waals surface area contributed by atoms with E-state index in [2.05, 4.69) is 4.98 Å². The lowest BCUT2D eigenvalue weighted by atomic mass is 9.99. The summed E-state index contributed by atoms with van der Waals surface area (Å²) < 4.78 is 11.6. The molecule has 0 aliphatic carbocycles. The Morgan fingerprint density at radius 1 is 1.16 bits per heavy atom. The number of thiazole rings is 1. The fraction of sp³-hybridized carbons (Fsp3) is 0.125. The molecule has 0 spiro atoms. The molecule has 1 N–H and O–H groups in total. The van der Waals surface area contributed by atoms with Gasteiger partial charge < -0.3 is 14.3 Å². The van der Waals surface area contributed by atoms with Gasteiger partial charge >= 0.3 is 5.91 Å². The zero-order valence-electron chi connectivity index (χ0n) is 17.2. The number of rotatable bonds is 4. The largest absolute Gasteiger partial charge is 0.507 e. The zero-order valence-corrected chi connectivity index (χ0v) is 18.1. The van der Waals surface area contributed by atoms with E-state index in [-0.39, 0.29) is 11.3 Å². The van der Waals surface area contributed by atoms with Crippen LogP contribution in [0.25, 0.3) is 16.0 Å². The number of Topliss-reactive ketones (excluding diaryl/α,β-unsaturated/α-hetero) is 1. The number of carbonyl (C=O) groups is 2. The van der Waals surface area contributed by atoms with Gasteiger partial charge in [-0.2, -0.15) is 0 Å². The van der Waals surface area contributed by atoms with Crippen LogP contribution in [0.4, 0.5) is 5.13 Å². The van der Waals surface area contributed by atoms with E-state index in [0.717, 1.165) is 15.8 Å². The molecule has 1 unspecified atom stereocenters. The maximum atomic E-state index is 13.1. The van der Waals surface area contributed by atoms with Gasteiger partial charge in [0.15, 0.2) is 5.13 Å². The highest BCUT2D eigenvalue weighted by Crippen LogP contribution is 2.44. The lowest BCUT2D eigenvalue weighted by Crippen LogP contribution is -2.29. The Labute approximate surface area is 187 Å². The SMILES string of the molecule is COc1ccc(C(O)=C2C(=O)C(=O)N(c3nc4ccc(C)cc4s3)C2c2ccco2)cc1. The van der Waals surface area contributed by atoms with Crippen molar-refractivity contribution < 1.29 is 23.8 Å². The van der Waals surface area contributed by atoms with Gasteiger partial charge in [0.1, 0.15) is 23.3 Å². The first-order chi connectivity index (χ1) is 15.5. The Hall–Kier alpha value is -3.91. The first kappa shape index (κ1) is 20.0. The van der Waals surface area contributed by atoms with Gasteiger partial charge in [-0.05, 0) is 61.0 Å². The maximum absolute atomic E-state index is 13.1. The van der Waals surface area contributed by atoms with Crippen molar-refractivity contribution in [3.8, 4) is 5.75 Å². The van der Waals surface area contributed by atoms with Crippen LogP contribution in [0.2, 0.25) is 0 Å². The van der Waals surface area contributed by atoms with Gasteiger partial charge in [-0.15, -0.1) is 0 Å². The van der Waals surface area contributed by atoms with Crippen molar-refractivity contribution in [3.63, 3.8) is 0 Å². The minimum Gasteiger partial charge on any atom is -0.507 e. The Kier molecular flexibility index (Phi) is 4.79.